The van der Waals surface area contributed by atoms with E-state index in [1.54, 1.807) is 0 Å². The maximum atomic E-state index is 6.16. The van der Waals surface area contributed by atoms with Crippen LogP contribution >= 0.6 is 0 Å². The molecule has 0 amide bonds. The van der Waals surface area contributed by atoms with Gasteiger partial charge in [-0.1, -0.05) is 12.1 Å². The van der Waals surface area contributed by atoms with Crippen molar-refractivity contribution in [1.29, 1.82) is 0 Å². The molecule has 0 radical (unpaired) electrons. The lowest BCUT2D eigenvalue weighted by molar-refractivity contribution is 0.122. The molecule has 2 fully saturated rings. The number of ether oxygens (including phenoxy) is 1. The number of rotatable bonds is 2. The lowest BCUT2D eigenvalue weighted by atomic mass is 10.1. The zero-order chi connectivity index (χ0) is 11.0. The molecule has 1 aromatic rings. The van der Waals surface area contributed by atoms with Crippen molar-refractivity contribution in [2.24, 2.45) is 5.73 Å². The normalized spacial score (nSPS) is 23.2. The number of morpholine rings is 1. The molecule has 3 rings (SSSR count). The third-order valence-corrected chi connectivity index (χ3v) is 3.61. The van der Waals surface area contributed by atoms with Crippen LogP contribution in [-0.4, -0.2) is 26.3 Å². The number of nitrogens with zero attached hydrogens (tertiary/aromatic N) is 1. The number of benzene rings is 1. The fourth-order valence-corrected chi connectivity index (χ4v) is 2.25. The van der Waals surface area contributed by atoms with Crippen LogP contribution in [0, 0.1) is 0 Å². The zero-order valence-electron chi connectivity index (χ0n) is 9.48. The Morgan fingerprint density at radius 3 is 2.25 bits per heavy atom. The minimum atomic E-state index is -0.0104. The summed E-state index contributed by atoms with van der Waals surface area (Å²) < 4.78 is 5.35. The van der Waals surface area contributed by atoms with Crippen LogP contribution < -0.4 is 10.6 Å². The largest absolute Gasteiger partial charge is 0.378 e. The zero-order valence-corrected chi connectivity index (χ0v) is 9.48. The van der Waals surface area contributed by atoms with Crippen molar-refractivity contribution in [3.05, 3.63) is 29.8 Å². The molecule has 1 aromatic carbocycles. The summed E-state index contributed by atoms with van der Waals surface area (Å²) in [5.41, 5.74) is 8.72. The Kier molecular flexibility index (Phi) is 2.37. The number of nitrogens with two attached hydrogens (primary N) is 1. The summed E-state index contributed by atoms with van der Waals surface area (Å²) >= 11 is 0. The van der Waals surface area contributed by atoms with Crippen LogP contribution in [0.2, 0.25) is 0 Å². The predicted octanol–water partition coefficient (Wildman–Crippen LogP) is 1.47. The molecule has 2 aliphatic rings. The average Bonchev–Trinajstić information content (AvgIpc) is 3.10. The van der Waals surface area contributed by atoms with Gasteiger partial charge in [0.15, 0.2) is 0 Å². The van der Waals surface area contributed by atoms with Crippen molar-refractivity contribution in [2.45, 2.75) is 18.4 Å². The predicted molar refractivity (Wildman–Crippen MR) is 64.6 cm³/mol. The molecule has 1 saturated carbocycles. The van der Waals surface area contributed by atoms with E-state index in [0.29, 0.717) is 0 Å². The van der Waals surface area contributed by atoms with Gasteiger partial charge >= 0.3 is 0 Å². The smallest absolute Gasteiger partial charge is 0.0642 e. The second-order valence-corrected chi connectivity index (χ2v) is 4.80. The van der Waals surface area contributed by atoms with E-state index in [1.807, 2.05) is 0 Å². The molecule has 0 unspecified atom stereocenters. The van der Waals surface area contributed by atoms with Crippen molar-refractivity contribution in [3.8, 4) is 0 Å². The highest BCUT2D eigenvalue weighted by Crippen LogP contribution is 2.42. The summed E-state index contributed by atoms with van der Waals surface area (Å²) in [7, 11) is 0. The van der Waals surface area contributed by atoms with E-state index in [2.05, 4.69) is 29.2 Å². The van der Waals surface area contributed by atoms with Gasteiger partial charge in [-0.15, -0.1) is 0 Å². The van der Waals surface area contributed by atoms with Crippen LogP contribution in [0.15, 0.2) is 24.3 Å². The van der Waals surface area contributed by atoms with Gasteiger partial charge in [-0.2, -0.15) is 0 Å². The lowest BCUT2D eigenvalue weighted by Crippen LogP contribution is -2.36. The second-order valence-electron chi connectivity index (χ2n) is 4.80. The highest BCUT2D eigenvalue weighted by atomic mass is 16.5. The molecular formula is C13H18N2O. The van der Waals surface area contributed by atoms with Crippen molar-refractivity contribution >= 4 is 5.69 Å². The fourth-order valence-electron chi connectivity index (χ4n) is 2.25. The van der Waals surface area contributed by atoms with Crippen LogP contribution in [0.25, 0.3) is 0 Å². The summed E-state index contributed by atoms with van der Waals surface area (Å²) in [6, 6.07) is 8.73. The Morgan fingerprint density at radius 2 is 1.69 bits per heavy atom. The Balaban J connectivity index is 1.76. The summed E-state index contributed by atoms with van der Waals surface area (Å²) in [5.74, 6) is 0. The van der Waals surface area contributed by atoms with Crippen molar-refractivity contribution < 1.29 is 4.74 Å². The molecule has 0 atom stereocenters. The van der Waals surface area contributed by atoms with E-state index >= 15 is 0 Å². The maximum absolute atomic E-state index is 6.16. The van der Waals surface area contributed by atoms with Gasteiger partial charge in [0, 0.05) is 24.3 Å². The summed E-state index contributed by atoms with van der Waals surface area (Å²) in [4.78, 5) is 2.36. The molecule has 0 aromatic heterocycles. The van der Waals surface area contributed by atoms with E-state index in [1.165, 1.54) is 11.3 Å². The molecule has 0 spiro atoms. The Morgan fingerprint density at radius 1 is 1.06 bits per heavy atom. The third-order valence-electron chi connectivity index (χ3n) is 3.61. The van der Waals surface area contributed by atoms with Gasteiger partial charge in [-0.25, -0.2) is 0 Å². The summed E-state index contributed by atoms with van der Waals surface area (Å²) in [6.07, 6.45) is 2.26. The third kappa shape index (κ3) is 1.81. The standard InChI is InChI=1S/C13H18N2O/c14-13(5-6-13)11-1-3-12(4-2-11)15-7-9-16-10-8-15/h1-4H,5-10,14H2. The quantitative estimate of drug-likeness (QED) is 0.817. The van der Waals surface area contributed by atoms with Crippen molar-refractivity contribution in [3.63, 3.8) is 0 Å². The molecule has 16 heavy (non-hydrogen) atoms. The lowest BCUT2D eigenvalue weighted by Gasteiger charge is -2.29. The molecule has 86 valence electrons. The Hall–Kier alpha value is -1.06. The average molecular weight is 218 g/mol. The first kappa shape index (κ1) is 10.1. The fraction of sp³-hybridized carbons (Fsp3) is 0.538. The molecule has 3 heteroatoms. The van der Waals surface area contributed by atoms with Gasteiger partial charge in [0.1, 0.15) is 0 Å². The number of hydrogen-bond acceptors (Lipinski definition) is 3. The van der Waals surface area contributed by atoms with E-state index in [4.69, 9.17) is 10.5 Å². The molecular weight excluding hydrogens is 200 g/mol. The van der Waals surface area contributed by atoms with Gasteiger partial charge in [-0.05, 0) is 30.5 Å². The molecule has 2 N–H and O–H groups in total. The molecule has 1 aliphatic heterocycles. The first-order chi connectivity index (χ1) is 7.78. The van der Waals surface area contributed by atoms with E-state index in [0.717, 1.165) is 39.1 Å². The van der Waals surface area contributed by atoms with Crippen LogP contribution in [-0.2, 0) is 10.3 Å². The van der Waals surface area contributed by atoms with Gasteiger partial charge in [0.25, 0.3) is 0 Å². The van der Waals surface area contributed by atoms with Crippen molar-refractivity contribution in [2.75, 3.05) is 31.2 Å². The van der Waals surface area contributed by atoms with Crippen LogP contribution in [0.5, 0.6) is 0 Å². The number of anilines is 1. The molecule has 0 bridgehead atoms. The minimum Gasteiger partial charge on any atom is -0.378 e. The molecule has 1 aliphatic carbocycles. The number of hydrogen-bond donors (Lipinski definition) is 1. The van der Waals surface area contributed by atoms with Gasteiger partial charge < -0.3 is 15.4 Å². The first-order valence-electron chi connectivity index (χ1n) is 6.00. The van der Waals surface area contributed by atoms with E-state index in [9.17, 15) is 0 Å². The minimum absolute atomic E-state index is 0.0104. The topological polar surface area (TPSA) is 38.5 Å². The first-order valence-corrected chi connectivity index (χ1v) is 6.00. The highest BCUT2D eigenvalue weighted by molar-refractivity contribution is 5.49. The second kappa shape index (κ2) is 3.75. The maximum Gasteiger partial charge on any atom is 0.0642 e. The SMILES string of the molecule is NC1(c2ccc(N3CCOCC3)cc2)CC1. The van der Waals surface area contributed by atoms with Gasteiger partial charge in [-0.3, -0.25) is 0 Å². The highest BCUT2D eigenvalue weighted by Gasteiger charge is 2.39. The molecule has 1 saturated heterocycles. The van der Waals surface area contributed by atoms with Gasteiger partial charge in [0.05, 0.1) is 13.2 Å². The monoisotopic (exact) mass is 218 g/mol. The van der Waals surface area contributed by atoms with Crippen molar-refractivity contribution in [1.82, 2.24) is 0 Å². The summed E-state index contributed by atoms with van der Waals surface area (Å²) in [6.45, 7) is 3.66. The van der Waals surface area contributed by atoms with E-state index < -0.39 is 0 Å². The summed E-state index contributed by atoms with van der Waals surface area (Å²) in [5, 5.41) is 0. The van der Waals surface area contributed by atoms with E-state index in [-0.39, 0.29) is 5.54 Å². The Labute approximate surface area is 96.2 Å². The van der Waals surface area contributed by atoms with Gasteiger partial charge in [0.2, 0.25) is 0 Å². The van der Waals surface area contributed by atoms with Crippen LogP contribution in [0.4, 0.5) is 5.69 Å². The Bertz CT molecular complexity index is 364. The van der Waals surface area contributed by atoms with Crippen LogP contribution in [0.3, 0.4) is 0 Å². The molecule has 1 heterocycles. The van der Waals surface area contributed by atoms with Crippen LogP contribution in [0.1, 0.15) is 18.4 Å². The molecule has 3 nitrogen and oxygen atoms in total.